The standard InChI is InChI=1S/C8H9BO.C3H9N/c1-9-8-5-3-2-4-7(8)6-10-9;1-4(2)3/h2-5H,6H2,1H3;1-3H3. The second-order valence-corrected chi connectivity index (χ2v) is 3.99. The minimum atomic E-state index is 0.302. The Bertz CT molecular complexity index is 286. The van der Waals surface area contributed by atoms with Crippen molar-refractivity contribution >= 4 is 12.4 Å². The second kappa shape index (κ2) is 5.18. The van der Waals surface area contributed by atoms with E-state index in [1.165, 1.54) is 11.0 Å². The molecule has 1 heterocycles. The molecule has 14 heavy (non-hydrogen) atoms. The smallest absolute Gasteiger partial charge is 0.324 e. The first kappa shape index (κ1) is 11.3. The molecule has 76 valence electrons. The maximum atomic E-state index is 5.42. The van der Waals surface area contributed by atoms with Crippen molar-refractivity contribution in [1.29, 1.82) is 0 Å². The van der Waals surface area contributed by atoms with Crippen LogP contribution < -0.4 is 5.46 Å². The van der Waals surface area contributed by atoms with Crippen LogP contribution in [0, 0.1) is 0 Å². The van der Waals surface area contributed by atoms with Gasteiger partial charge in [0, 0.05) is 0 Å². The molecule has 1 aromatic rings. The summed E-state index contributed by atoms with van der Waals surface area (Å²) in [5.74, 6) is 0. The van der Waals surface area contributed by atoms with Gasteiger partial charge in [0.05, 0.1) is 6.61 Å². The number of rotatable bonds is 0. The SMILES string of the molecule is CB1OCc2ccccc21.CN(C)C. The highest BCUT2D eigenvalue weighted by Crippen LogP contribution is 2.08. The summed E-state index contributed by atoms with van der Waals surface area (Å²) >= 11 is 0. The number of hydrogen-bond acceptors (Lipinski definition) is 2. The van der Waals surface area contributed by atoms with Crippen LogP contribution in [0.3, 0.4) is 0 Å². The maximum absolute atomic E-state index is 5.42. The monoisotopic (exact) mass is 191 g/mol. The van der Waals surface area contributed by atoms with E-state index in [1.54, 1.807) is 0 Å². The molecule has 3 heteroatoms. The van der Waals surface area contributed by atoms with Crippen LogP contribution in [0.4, 0.5) is 0 Å². The highest BCUT2D eigenvalue weighted by atomic mass is 16.4. The second-order valence-electron chi connectivity index (χ2n) is 3.99. The topological polar surface area (TPSA) is 12.5 Å². The van der Waals surface area contributed by atoms with E-state index >= 15 is 0 Å². The van der Waals surface area contributed by atoms with Gasteiger partial charge in [0.2, 0.25) is 0 Å². The molecule has 0 saturated heterocycles. The van der Waals surface area contributed by atoms with Crippen molar-refractivity contribution in [2.45, 2.75) is 13.4 Å². The van der Waals surface area contributed by atoms with E-state index in [1.807, 2.05) is 26.0 Å². The first-order valence-corrected chi connectivity index (χ1v) is 4.91. The summed E-state index contributed by atoms with van der Waals surface area (Å²) in [6.45, 7) is 3.18. The molecule has 0 atom stereocenters. The summed E-state index contributed by atoms with van der Waals surface area (Å²) in [6.07, 6.45) is 0. The number of hydrogen-bond donors (Lipinski definition) is 0. The molecule has 0 spiro atoms. The lowest BCUT2D eigenvalue weighted by Gasteiger charge is -1.95. The molecule has 0 unspecified atom stereocenters. The van der Waals surface area contributed by atoms with Gasteiger partial charge in [-0.3, -0.25) is 0 Å². The van der Waals surface area contributed by atoms with E-state index in [9.17, 15) is 0 Å². The van der Waals surface area contributed by atoms with Crippen molar-refractivity contribution in [2.75, 3.05) is 21.1 Å². The van der Waals surface area contributed by atoms with E-state index in [0.29, 0.717) is 6.92 Å². The van der Waals surface area contributed by atoms with Crippen LogP contribution in [-0.2, 0) is 11.3 Å². The Balaban J connectivity index is 0.000000213. The van der Waals surface area contributed by atoms with Gasteiger partial charge in [0.15, 0.2) is 0 Å². The van der Waals surface area contributed by atoms with E-state index in [2.05, 4.69) is 31.1 Å². The van der Waals surface area contributed by atoms with Crippen LogP contribution in [0.15, 0.2) is 24.3 Å². The molecule has 0 bridgehead atoms. The predicted molar refractivity (Wildman–Crippen MR) is 62.1 cm³/mol. The van der Waals surface area contributed by atoms with Crippen molar-refractivity contribution in [2.24, 2.45) is 0 Å². The molecule has 2 rings (SSSR count). The predicted octanol–water partition coefficient (Wildman–Crippen LogP) is 1.22. The zero-order chi connectivity index (χ0) is 10.6. The van der Waals surface area contributed by atoms with Crippen molar-refractivity contribution in [3.63, 3.8) is 0 Å². The van der Waals surface area contributed by atoms with Crippen molar-refractivity contribution in [3.05, 3.63) is 29.8 Å². The average molecular weight is 191 g/mol. The summed E-state index contributed by atoms with van der Waals surface area (Å²) in [4.78, 5) is 2.00. The van der Waals surface area contributed by atoms with Crippen molar-refractivity contribution in [1.82, 2.24) is 4.90 Å². The van der Waals surface area contributed by atoms with Gasteiger partial charge in [-0.15, -0.1) is 0 Å². The van der Waals surface area contributed by atoms with Crippen LogP contribution >= 0.6 is 0 Å². The number of nitrogens with zero attached hydrogens (tertiary/aromatic N) is 1. The minimum Gasteiger partial charge on any atom is -0.427 e. The minimum absolute atomic E-state index is 0.302. The summed E-state index contributed by atoms with van der Waals surface area (Å²) in [6, 6.07) is 8.37. The highest BCUT2D eigenvalue weighted by molar-refractivity contribution is 6.67. The molecular weight excluding hydrogens is 173 g/mol. The third-order valence-corrected chi connectivity index (χ3v) is 1.98. The Morgan fingerprint density at radius 3 is 2.36 bits per heavy atom. The molecule has 0 amide bonds. The van der Waals surface area contributed by atoms with Crippen molar-refractivity contribution < 1.29 is 4.65 Å². The van der Waals surface area contributed by atoms with Gasteiger partial charge in [-0.1, -0.05) is 31.1 Å². The molecular formula is C11H18BNO. The van der Waals surface area contributed by atoms with Gasteiger partial charge < -0.3 is 9.55 Å². The fraction of sp³-hybridized carbons (Fsp3) is 0.455. The Kier molecular flexibility index (Phi) is 4.17. The highest BCUT2D eigenvalue weighted by Gasteiger charge is 2.21. The third kappa shape index (κ3) is 3.16. The fourth-order valence-corrected chi connectivity index (χ4v) is 1.37. The van der Waals surface area contributed by atoms with Crippen LogP contribution in [0.1, 0.15) is 5.56 Å². The molecule has 0 radical (unpaired) electrons. The molecule has 0 aromatic heterocycles. The van der Waals surface area contributed by atoms with E-state index < -0.39 is 0 Å². The summed E-state index contributed by atoms with van der Waals surface area (Å²) in [5.41, 5.74) is 2.69. The molecule has 0 saturated carbocycles. The normalized spacial score (nSPS) is 13.6. The van der Waals surface area contributed by atoms with Crippen LogP contribution in [0.5, 0.6) is 0 Å². The van der Waals surface area contributed by atoms with Gasteiger partial charge in [-0.2, -0.15) is 0 Å². The molecule has 0 N–H and O–H groups in total. The zero-order valence-electron chi connectivity index (χ0n) is 9.45. The van der Waals surface area contributed by atoms with Crippen LogP contribution in [0.2, 0.25) is 6.82 Å². The number of benzene rings is 1. The average Bonchev–Trinajstić information content (AvgIpc) is 2.48. The van der Waals surface area contributed by atoms with Gasteiger partial charge in [0.25, 0.3) is 0 Å². The molecule has 0 aliphatic carbocycles. The maximum Gasteiger partial charge on any atom is 0.324 e. The Labute approximate surface area is 87.0 Å². The van der Waals surface area contributed by atoms with Crippen LogP contribution in [0.25, 0.3) is 0 Å². The zero-order valence-corrected chi connectivity index (χ0v) is 9.45. The summed E-state index contributed by atoms with van der Waals surface area (Å²) in [7, 11) is 6.00. The summed E-state index contributed by atoms with van der Waals surface area (Å²) in [5, 5.41) is 0. The van der Waals surface area contributed by atoms with Gasteiger partial charge in [-0.25, -0.2) is 0 Å². The van der Waals surface area contributed by atoms with Gasteiger partial charge in [0.1, 0.15) is 0 Å². The largest absolute Gasteiger partial charge is 0.427 e. The van der Waals surface area contributed by atoms with Crippen LogP contribution in [-0.4, -0.2) is 33.0 Å². The summed E-state index contributed by atoms with van der Waals surface area (Å²) < 4.78 is 5.42. The molecule has 1 aliphatic rings. The van der Waals surface area contributed by atoms with E-state index in [-0.39, 0.29) is 0 Å². The molecule has 1 aliphatic heterocycles. The third-order valence-electron chi connectivity index (χ3n) is 1.98. The van der Waals surface area contributed by atoms with Gasteiger partial charge in [-0.05, 0) is 32.2 Å². The first-order chi connectivity index (χ1) is 6.61. The lowest BCUT2D eigenvalue weighted by molar-refractivity contribution is 0.333. The lowest BCUT2D eigenvalue weighted by atomic mass is 9.64. The Morgan fingerprint density at radius 2 is 1.79 bits per heavy atom. The van der Waals surface area contributed by atoms with Gasteiger partial charge >= 0.3 is 6.92 Å². The number of fused-ring (bicyclic) bond motifs is 1. The first-order valence-electron chi connectivity index (χ1n) is 4.91. The Hall–Kier alpha value is -0.795. The van der Waals surface area contributed by atoms with E-state index in [0.717, 1.165) is 6.61 Å². The lowest BCUT2D eigenvalue weighted by Crippen LogP contribution is -2.23. The fourth-order valence-electron chi connectivity index (χ4n) is 1.37. The molecule has 1 aromatic carbocycles. The Morgan fingerprint density at radius 1 is 1.21 bits per heavy atom. The molecule has 2 nitrogen and oxygen atoms in total. The van der Waals surface area contributed by atoms with E-state index in [4.69, 9.17) is 4.65 Å². The van der Waals surface area contributed by atoms with Crippen molar-refractivity contribution in [3.8, 4) is 0 Å². The quantitative estimate of drug-likeness (QED) is 0.571. The molecule has 0 fully saturated rings.